The molecular formula is C32H43N3O5. The number of carbonyl (C=O) groups is 1. The van der Waals surface area contributed by atoms with Gasteiger partial charge in [-0.2, -0.15) is 0 Å². The normalized spacial score (nSPS) is 11.8. The second-order valence-electron chi connectivity index (χ2n) is 9.89. The summed E-state index contributed by atoms with van der Waals surface area (Å²) in [5.41, 5.74) is 3.87. The van der Waals surface area contributed by atoms with E-state index in [4.69, 9.17) is 4.74 Å². The fraction of sp³-hybridized carbons (Fsp3) is 0.406. The molecule has 2 amide bonds. The molecule has 0 unspecified atom stereocenters. The maximum absolute atomic E-state index is 12.1. The van der Waals surface area contributed by atoms with Crippen LogP contribution in [0.3, 0.4) is 0 Å². The number of rotatable bonds is 18. The Kier molecular flexibility index (Phi) is 14.0. The largest absolute Gasteiger partial charge is 0.508 e. The highest BCUT2D eigenvalue weighted by Gasteiger charge is 2.10. The van der Waals surface area contributed by atoms with Crippen LogP contribution >= 0.6 is 0 Å². The van der Waals surface area contributed by atoms with Crippen molar-refractivity contribution in [3.63, 3.8) is 0 Å². The molecule has 1 atom stereocenters. The lowest BCUT2D eigenvalue weighted by molar-refractivity contribution is 0.126. The molecule has 216 valence electrons. The summed E-state index contributed by atoms with van der Waals surface area (Å²) in [6, 6.07) is 21.9. The van der Waals surface area contributed by atoms with Crippen molar-refractivity contribution in [3.05, 3.63) is 89.5 Å². The second-order valence-corrected chi connectivity index (χ2v) is 9.89. The van der Waals surface area contributed by atoms with Gasteiger partial charge in [0.1, 0.15) is 5.75 Å². The van der Waals surface area contributed by atoms with Gasteiger partial charge in [-0.25, -0.2) is 4.79 Å². The van der Waals surface area contributed by atoms with Gasteiger partial charge in [-0.3, -0.25) is 0 Å². The number of benzene rings is 3. The molecule has 8 nitrogen and oxygen atoms in total. The predicted molar refractivity (Wildman–Crippen MR) is 160 cm³/mol. The number of aliphatic hydroxyl groups excluding tert-OH is 2. The number of phenols is 1. The number of nitrogens with one attached hydrogen (secondary N) is 3. The summed E-state index contributed by atoms with van der Waals surface area (Å²) < 4.78 is 5.78. The summed E-state index contributed by atoms with van der Waals surface area (Å²) in [5, 5.41) is 38.1. The molecule has 0 aromatic heterocycles. The van der Waals surface area contributed by atoms with E-state index in [0.717, 1.165) is 76.1 Å². The molecule has 0 aliphatic heterocycles. The van der Waals surface area contributed by atoms with Gasteiger partial charge in [-0.15, -0.1) is 0 Å². The number of amides is 2. The van der Waals surface area contributed by atoms with E-state index in [0.29, 0.717) is 17.7 Å². The number of aromatic hydroxyl groups is 1. The molecule has 8 heteroatoms. The minimum Gasteiger partial charge on any atom is -0.508 e. The molecule has 0 saturated carbocycles. The average Bonchev–Trinajstić information content (AvgIpc) is 2.97. The van der Waals surface area contributed by atoms with E-state index in [2.05, 4.69) is 28.1 Å². The first kappa shape index (κ1) is 31.1. The lowest BCUT2D eigenvalue weighted by Gasteiger charge is -2.14. The molecule has 0 saturated heterocycles. The number of anilines is 2. The number of ether oxygens (including phenoxy) is 1. The number of aliphatic hydroxyl groups is 2. The summed E-state index contributed by atoms with van der Waals surface area (Å²) in [6.07, 6.45) is 6.70. The smallest absolute Gasteiger partial charge is 0.323 e. The van der Waals surface area contributed by atoms with E-state index in [1.807, 2.05) is 42.5 Å². The monoisotopic (exact) mass is 549 g/mol. The number of para-hydroxylation sites is 1. The van der Waals surface area contributed by atoms with Crippen molar-refractivity contribution in [3.8, 4) is 5.75 Å². The van der Waals surface area contributed by atoms with Crippen molar-refractivity contribution >= 4 is 17.4 Å². The molecule has 3 rings (SSSR count). The van der Waals surface area contributed by atoms with E-state index in [1.54, 1.807) is 12.1 Å². The minimum atomic E-state index is -0.672. The lowest BCUT2D eigenvalue weighted by atomic mass is 10.1. The van der Waals surface area contributed by atoms with Crippen LogP contribution in [0.1, 0.15) is 61.3 Å². The zero-order chi connectivity index (χ0) is 28.4. The summed E-state index contributed by atoms with van der Waals surface area (Å²) in [6.45, 7) is 2.57. The number of hydrogen-bond acceptors (Lipinski definition) is 6. The van der Waals surface area contributed by atoms with Crippen molar-refractivity contribution in [2.75, 3.05) is 36.9 Å². The Balaban J connectivity index is 1.13. The molecule has 3 aromatic rings. The molecular weight excluding hydrogens is 506 g/mol. The molecule has 0 heterocycles. The maximum Gasteiger partial charge on any atom is 0.323 e. The Labute approximate surface area is 237 Å². The Morgan fingerprint density at radius 1 is 0.800 bits per heavy atom. The van der Waals surface area contributed by atoms with E-state index >= 15 is 0 Å². The highest BCUT2D eigenvalue weighted by Crippen LogP contribution is 2.22. The van der Waals surface area contributed by atoms with Crippen LogP contribution in [-0.2, 0) is 17.8 Å². The number of urea groups is 1. The first-order chi connectivity index (χ1) is 19.5. The third-order valence-corrected chi connectivity index (χ3v) is 6.64. The van der Waals surface area contributed by atoms with E-state index in [-0.39, 0.29) is 18.4 Å². The van der Waals surface area contributed by atoms with E-state index < -0.39 is 6.10 Å². The summed E-state index contributed by atoms with van der Waals surface area (Å²) >= 11 is 0. The first-order valence-corrected chi connectivity index (χ1v) is 14.2. The summed E-state index contributed by atoms with van der Waals surface area (Å²) in [5.74, 6) is 0.0404. The Bertz CT molecular complexity index is 1130. The van der Waals surface area contributed by atoms with Crippen LogP contribution in [0.15, 0.2) is 72.8 Å². The van der Waals surface area contributed by atoms with Gasteiger partial charge >= 0.3 is 6.03 Å². The molecule has 40 heavy (non-hydrogen) atoms. The van der Waals surface area contributed by atoms with Crippen LogP contribution in [0.5, 0.6) is 5.75 Å². The minimum absolute atomic E-state index is 0.0404. The van der Waals surface area contributed by atoms with Crippen LogP contribution in [0, 0.1) is 0 Å². The van der Waals surface area contributed by atoms with E-state index in [1.165, 1.54) is 11.6 Å². The molecule has 3 aromatic carbocycles. The summed E-state index contributed by atoms with van der Waals surface area (Å²) in [7, 11) is 0. The van der Waals surface area contributed by atoms with Crippen molar-refractivity contribution in [1.82, 2.24) is 5.32 Å². The van der Waals surface area contributed by atoms with Crippen LogP contribution in [0.4, 0.5) is 16.2 Å². The van der Waals surface area contributed by atoms with E-state index in [9.17, 15) is 20.1 Å². The van der Waals surface area contributed by atoms with Gasteiger partial charge < -0.3 is 36.0 Å². The number of carbonyl (C=O) groups excluding carboxylic acids is 1. The fourth-order valence-electron chi connectivity index (χ4n) is 4.31. The molecule has 0 radical (unpaired) electrons. The predicted octanol–water partition coefficient (Wildman–Crippen LogP) is 5.75. The van der Waals surface area contributed by atoms with Crippen molar-refractivity contribution in [2.24, 2.45) is 0 Å². The molecule has 0 aliphatic carbocycles. The highest BCUT2D eigenvalue weighted by molar-refractivity contribution is 5.99. The van der Waals surface area contributed by atoms with Crippen LogP contribution < -0.4 is 16.0 Å². The van der Waals surface area contributed by atoms with Crippen LogP contribution in [-0.4, -0.2) is 47.7 Å². The standard InChI is InChI=1S/C32H43N3O5/c36-24-27-22-26(15-18-30(27)37)31(38)23-33-19-7-1-2-8-20-40-21-9-6-10-25-13-16-29(17-14-25)35-32(39)34-28-11-4-3-5-12-28/h3-5,11-18,22,31,33,36-38H,1-2,6-10,19-21,23-24H2,(H2,34,35,39)/t31-/m0/s1. The Morgan fingerprint density at radius 2 is 1.48 bits per heavy atom. The Morgan fingerprint density at radius 3 is 2.20 bits per heavy atom. The maximum atomic E-state index is 12.1. The quantitative estimate of drug-likeness (QED) is 0.112. The highest BCUT2D eigenvalue weighted by atomic mass is 16.5. The van der Waals surface area contributed by atoms with Gasteiger partial charge in [-0.1, -0.05) is 49.2 Å². The zero-order valence-electron chi connectivity index (χ0n) is 23.1. The fourth-order valence-corrected chi connectivity index (χ4v) is 4.31. The molecule has 6 N–H and O–H groups in total. The SMILES string of the molecule is O=C(Nc1ccccc1)Nc1ccc(CCCCOCCCCCCNC[C@H](O)c2ccc(O)c(CO)c2)cc1. The van der Waals surface area contributed by atoms with Gasteiger partial charge in [-0.05, 0) is 86.2 Å². The molecule has 0 spiro atoms. The summed E-state index contributed by atoms with van der Waals surface area (Å²) in [4.78, 5) is 12.1. The third kappa shape index (κ3) is 11.8. The number of aryl methyl sites for hydroxylation is 1. The number of unbranched alkanes of at least 4 members (excludes halogenated alkanes) is 4. The van der Waals surface area contributed by atoms with Gasteiger partial charge in [0.05, 0.1) is 12.7 Å². The van der Waals surface area contributed by atoms with Crippen molar-refractivity contribution in [1.29, 1.82) is 0 Å². The van der Waals surface area contributed by atoms with Gasteiger partial charge in [0.2, 0.25) is 0 Å². The first-order valence-electron chi connectivity index (χ1n) is 14.2. The zero-order valence-corrected chi connectivity index (χ0v) is 23.1. The molecule has 0 fully saturated rings. The lowest BCUT2D eigenvalue weighted by Crippen LogP contribution is -2.22. The average molecular weight is 550 g/mol. The topological polar surface area (TPSA) is 123 Å². The van der Waals surface area contributed by atoms with Gasteiger partial charge in [0.25, 0.3) is 0 Å². The van der Waals surface area contributed by atoms with Crippen molar-refractivity contribution < 1.29 is 24.9 Å². The Hall–Kier alpha value is -3.43. The second kappa shape index (κ2) is 18.0. The van der Waals surface area contributed by atoms with Crippen LogP contribution in [0.25, 0.3) is 0 Å². The number of hydrogen-bond donors (Lipinski definition) is 6. The molecule has 0 aliphatic rings. The van der Waals surface area contributed by atoms with Gasteiger partial charge in [0.15, 0.2) is 0 Å². The van der Waals surface area contributed by atoms with Crippen molar-refractivity contribution in [2.45, 2.75) is 57.7 Å². The third-order valence-electron chi connectivity index (χ3n) is 6.64. The van der Waals surface area contributed by atoms with Crippen LogP contribution in [0.2, 0.25) is 0 Å². The van der Waals surface area contributed by atoms with Gasteiger partial charge in [0, 0.05) is 36.7 Å². The molecule has 0 bridgehead atoms.